The predicted molar refractivity (Wildman–Crippen MR) is 64.6 cm³/mol. The summed E-state index contributed by atoms with van der Waals surface area (Å²) in [5.41, 5.74) is 1.52. The van der Waals surface area contributed by atoms with Crippen molar-refractivity contribution in [3.63, 3.8) is 0 Å². The Hall–Kier alpha value is -1.66. The first kappa shape index (κ1) is 11.4. The van der Waals surface area contributed by atoms with Crippen molar-refractivity contribution in [1.29, 1.82) is 0 Å². The summed E-state index contributed by atoms with van der Waals surface area (Å²) in [4.78, 5) is 11.9. The highest BCUT2D eigenvalue weighted by Crippen LogP contribution is 2.21. The van der Waals surface area contributed by atoms with E-state index in [0.717, 1.165) is 11.3 Å². The molecule has 1 N–H and O–H groups in total. The number of hydrogen-bond donors (Lipinski definition) is 1. The molecule has 6 nitrogen and oxygen atoms in total. The number of imidazole rings is 1. The van der Waals surface area contributed by atoms with E-state index < -0.39 is 0 Å². The molecular formula is C12H15N3O3. The number of aromatic nitrogens is 3. The molecule has 2 aromatic heterocycles. The zero-order chi connectivity index (χ0) is 12.4. The van der Waals surface area contributed by atoms with Gasteiger partial charge in [-0.3, -0.25) is 0 Å². The Kier molecular flexibility index (Phi) is 3.12. The van der Waals surface area contributed by atoms with Gasteiger partial charge in [0.05, 0.1) is 31.9 Å². The molecule has 3 rings (SSSR count). The van der Waals surface area contributed by atoms with Gasteiger partial charge in [0.1, 0.15) is 11.9 Å². The molecule has 0 bridgehead atoms. The lowest BCUT2D eigenvalue weighted by atomic mass is 10.3. The third-order valence-electron chi connectivity index (χ3n) is 2.75. The summed E-state index contributed by atoms with van der Waals surface area (Å²) in [5, 5.41) is 0. The van der Waals surface area contributed by atoms with Crippen molar-refractivity contribution in [2.24, 2.45) is 0 Å². The van der Waals surface area contributed by atoms with Crippen LogP contribution in [0.4, 0.5) is 0 Å². The molecule has 1 aliphatic heterocycles. The maximum absolute atomic E-state index is 5.59. The summed E-state index contributed by atoms with van der Waals surface area (Å²) in [7, 11) is 0. The summed E-state index contributed by atoms with van der Waals surface area (Å²) in [5.74, 6) is 1.34. The number of nitrogens with one attached hydrogen (secondary N) is 1. The highest BCUT2D eigenvalue weighted by atomic mass is 16.6. The van der Waals surface area contributed by atoms with Gasteiger partial charge < -0.3 is 19.2 Å². The summed E-state index contributed by atoms with van der Waals surface area (Å²) in [6, 6.07) is 3.74. The molecule has 1 fully saturated rings. The van der Waals surface area contributed by atoms with Crippen molar-refractivity contribution < 1.29 is 14.2 Å². The fraction of sp³-hybridized carbons (Fsp3) is 0.500. The number of aromatic amines is 1. The lowest BCUT2D eigenvalue weighted by Gasteiger charge is -2.20. The predicted octanol–water partition coefficient (Wildman–Crippen LogP) is 1.44. The van der Waals surface area contributed by atoms with E-state index in [2.05, 4.69) is 15.0 Å². The number of nitrogens with zero attached hydrogens (tertiary/aromatic N) is 2. The van der Waals surface area contributed by atoms with Gasteiger partial charge in [0, 0.05) is 6.07 Å². The standard InChI is InChI=1S/C12H15N3O3/c1-2-17-10-4-3-8-11(14-10)15-12(13-8)9-7-16-5-6-18-9/h3-4,9H,2,5-7H2,1H3,(H,13,14,15). The lowest BCUT2D eigenvalue weighted by Crippen LogP contribution is -2.22. The van der Waals surface area contributed by atoms with Gasteiger partial charge in [-0.15, -0.1) is 0 Å². The second-order valence-corrected chi connectivity index (χ2v) is 4.01. The second-order valence-electron chi connectivity index (χ2n) is 4.01. The smallest absolute Gasteiger partial charge is 0.215 e. The Balaban J connectivity index is 1.89. The van der Waals surface area contributed by atoms with E-state index in [4.69, 9.17) is 14.2 Å². The third-order valence-corrected chi connectivity index (χ3v) is 2.75. The molecule has 0 radical (unpaired) electrons. The molecule has 0 saturated carbocycles. The number of pyridine rings is 1. The van der Waals surface area contributed by atoms with E-state index in [-0.39, 0.29) is 6.10 Å². The van der Waals surface area contributed by atoms with Crippen molar-refractivity contribution in [3.05, 3.63) is 18.0 Å². The van der Waals surface area contributed by atoms with Crippen molar-refractivity contribution in [3.8, 4) is 5.88 Å². The molecule has 0 aromatic carbocycles. The average molecular weight is 249 g/mol. The van der Waals surface area contributed by atoms with E-state index in [0.29, 0.717) is 38.0 Å². The van der Waals surface area contributed by atoms with Gasteiger partial charge in [-0.2, -0.15) is 4.98 Å². The van der Waals surface area contributed by atoms with Crippen LogP contribution in [0.1, 0.15) is 18.9 Å². The van der Waals surface area contributed by atoms with Crippen LogP contribution < -0.4 is 4.74 Å². The van der Waals surface area contributed by atoms with Crippen LogP contribution in [-0.4, -0.2) is 41.4 Å². The van der Waals surface area contributed by atoms with Gasteiger partial charge in [-0.05, 0) is 13.0 Å². The summed E-state index contributed by atoms with van der Waals surface area (Å²) in [6.45, 7) is 4.28. The van der Waals surface area contributed by atoms with Crippen LogP contribution in [-0.2, 0) is 9.47 Å². The van der Waals surface area contributed by atoms with Crippen LogP contribution >= 0.6 is 0 Å². The molecule has 0 aliphatic carbocycles. The van der Waals surface area contributed by atoms with Crippen LogP contribution in [0.25, 0.3) is 11.2 Å². The van der Waals surface area contributed by atoms with Crippen molar-refractivity contribution in [2.75, 3.05) is 26.4 Å². The van der Waals surface area contributed by atoms with Crippen LogP contribution in [0.5, 0.6) is 5.88 Å². The first-order chi connectivity index (χ1) is 8.86. The maximum Gasteiger partial charge on any atom is 0.215 e. The van der Waals surface area contributed by atoms with E-state index in [1.165, 1.54) is 0 Å². The summed E-state index contributed by atoms with van der Waals surface area (Å²) < 4.78 is 16.3. The van der Waals surface area contributed by atoms with Gasteiger partial charge in [-0.1, -0.05) is 0 Å². The number of fused-ring (bicyclic) bond motifs is 1. The largest absolute Gasteiger partial charge is 0.478 e. The van der Waals surface area contributed by atoms with E-state index in [1.807, 2.05) is 19.1 Å². The van der Waals surface area contributed by atoms with E-state index in [9.17, 15) is 0 Å². The van der Waals surface area contributed by atoms with Crippen LogP contribution in [0.15, 0.2) is 12.1 Å². The zero-order valence-corrected chi connectivity index (χ0v) is 10.2. The van der Waals surface area contributed by atoms with E-state index in [1.54, 1.807) is 0 Å². The Morgan fingerprint density at radius 1 is 1.39 bits per heavy atom. The molecule has 3 heterocycles. The van der Waals surface area contributed by atoms with Crippen LogP contribution in [0, 0.1) is 0 Å². The van der Waals surface area contributed by atoms with Crippen molar-refractivity contribution in [2.45, 2.75) is 13.0 Å². The molecule has 1 unspecified atom stereocenters. The quantitative estimate of drug-likeness (QED) is 0.891. The first-order valence-electron chi connectivity index (χ1n) is 6.05. The number of hydrogen-bond acceptors (Lipinski definition) is 5. The molecule has 96 valence electrons. The molecule has 18 heavy (non-hydrogen) atoms. The SMILES string of the molecule is CCOc1ccc2[nH]c(C3COCCO3)nc2n1. The number of rotatable bonds is 3. The summed E-state index contributed by atoms with van der Waals surface area (Å²) in [6.07, 6.45) is -0.136. The van der Waals surface area contributed by atoms with Gasteiger partial charge in [0.2, 0.25) is 5.88 Å². The molecular weight excluding hydrogens is 234 g/mol. The molecule has 1 atom stereocenters. The molecule has 6 heteroatoms. The Morgan fingerprint density at radius 2 is 2.33 bits per heavy atom. The minimum absolute atomic E-state index is 0.136. The maximum atomic E-state index is 5.59. The number of ether oxygens (including phenoxy) is 3. The monoisotopic (exact) mass is 249 g/mol. The number of H-pyrrole nitrogens is 1. The fourth-order valence-corrected chi connectivity index (χ4v) is 1.92. The molecule has 1 aliphatic rings. The topological polar surface area (TPSA) is 69.3 Å². The Labute approximate surface area is 104 Å². The minimum atomic E-state index is -0.136. The molecule has 0 amide bonds. The summed E-state index contributed by atoms with van der Waals surface area (Å²) >= 11 is 0. The first-order valence-corrected chi connectivity index (χ1v) is 6.05. The zero-order valence-electron chi connectivity index (χ0n) is 10.2. The van der Waals surface area contributed by atoms with Crippen molar-refractivity contribution >= 4 is 11.2 Å². The van der Waals surface area contributed by atoms with Crippen LogP contribution in [0.2, 0.25) is 0 Å². The van der Waals surface area contributed by atoms with Gasteiger partial charge >= 0.3 is 0 Å². The van der Waals surface area contributed by atoms with Gasteiger partial charge in [0.25, 0.3) is 0 Å². The minimum Gasteiger partial charge on any atom is -0.478 e. The van der Waals surface area contributed by atoms with Crippen molar-refractivity contribution in [1.82, 2.24) is 15.0 Å². The molecule has 2 aromatic rings. The van der Waals surface area contributed by atoms with Gasteiger partial charge in [-0.25, -0.2) is 4.98 Å². The lowest BCUT2D eigenvalue weighted by molar-refractivity contribution is -0.0931. The Morgan fingerprint density at radius 3 is 3.11 bits per heavy atom. The Bertz CT molecular complexity index is 534. The average Bonchev–Trinajstić information content (AvgIpc) is 2.83. The van der Waals surface area contributed by atoms with Crippen LogP contribution in [0.3, 0.4) is 0 Å². The highest BCUT2D eigenvalue weighted by Gasteiger charge is 2.20. The molecule has 0 spiro atoms. The normalized spacial score (nSPS) is 20.2. The van der Waals surface area contributed by atoms with E-state index >= 15 is 0 Å². The third kappa shape index (κ3) is 2.16. The fourth-order valence-electron chi connectivity index (χ4n) is 1.92. The molecule has 1 saturated heterocycles. The van der Waals surface area contributed by atoms with Gasteiger partial charge in [0.15, 0.2) is 5.65 Å². The highest BCUT2D eigenvalue weighted by molar-refractivity contribution is 5.71. The second kappa shape index (κ2) is 4.91.